The van der Waals surface area contributed by atoms with E-state index in [0.717, 1.165) is 25.4 Å². The monoisotopic (exact) mass is 260 g/mol. The molecule has 0 N–H and O–H groups in total. The van der Waals surface area contributed by atoms with Crippen LogP contribution >= 0.6 is 0 Å². The lowest BCUT2D eigenvalue weighted by Gasteiger charge is -2.01. The fourth-order valence-corrected chi connectivity index (χ4v) is 0.901. The largest absolute Gasteiger partial charge is 0.374 e. The van der Waals surface area contributed by atoms with Crippen LogP contribution in [0.15, 0.2) is 0 Å². The Kier molecular flexibility index (Phi) is 17.7. The molecule has 4 heteroatoms. The van der Waals surface area contributed by atoms with Gasteiger partial charge in [-0.3, -0.25) is 0 Å². The van der Waals surface area contributed by atoms with Gasteiger partial charge in [0, 0.05) is 13.2 Å². The van der Waals surface area contributed by atoms with Crippen molar-refractivity contribution < 1.29 is 19.1 Å². The van der Waals surface area contributed by atoms with E-state index < -0.39 is 0 Å². The average molecular weight is 260 g/mol. The summed E-state index contributed by atoms with van der Waals surface area (Å²) in [5.41, 5.74) is 0. The Morgan fingerprint density at radius 3 is 1.33 bits per heavy atom. The maximum absolute atomic E-state index is 9.72. The van der Waals surface area contributed by atoms with Crippen LogP contribution in [0, 0.1) is 11.8 Å². The van der Waals surface area contributed by atoms with Crippen LogP contribution in [-0.2, 0) is 19.1 Å². The zero-order valence-electron chi connectivity index (χ0n) is 12.2. The van der Waals surface area contributed by atoms with E-state index in [4.69, 9.17) is 9.47 Å². The maximum atomic E-state index is 9.72. The summed E-state index contributed by atoms with van der Waals surface area (Å²) in [6.45, 7) is 10.4. The van der Waals surface area contributed by atoms with Crippen molar-refractivity contribution in [2.45, 2.75) is 40.5 Å². The molecule has 18 heavy (non-hydrogen) atoms. The first-order chi connectivity index (χ1) is 8.54. The van der Waals surface area contributed by atoms with E-state index in [-0.39, 0.29) is 13.2 Å². The van der Waals surface area contributed by atoms with E-state index in [1.54, 1.807) is 0 Å². The topological polar surface area (TPSA) is 52.6 Å². The number of carbonyl (C=O) groups is 2. The van der Waals surface area contributed by atoms with Gasteiger partial charge < -0.3 is 19.1 Å². The van der Waals surface area contributed by atoms with Gasteiger partial charge >= 0.3 is 0 Å². The van der Waals surface area contributed by atoms with Crippen molar-refractivity contribution in [2.75, 3.05) is 26.4 Å². The lowest BCUT2D eigenvalue weighted by atomic mass is 10.1. The highest BCUT2D eigenvalue weighted by molar-refractivity contribution is 5.50. The highest BCUT2D eigenvalue weighted by Crippen LogP contribution is 1.98. The molecule has 0 aromatic carbocycles. The Morgan fingerprint density at radius 1 is 0.778 bits per heavy atom. The fraction of sp³-hybridized carbons (Fsp3) is 0.857. The minimum Gasteiger partial charge on any atom is -0.374 e. The molecule has 0 radical (unpaired) electrons. The predicted octanol–water partition coefficient (Wildman–Crippen LogP) is 2.50. The van der Waals surface area contributed by atoms with E-state index >= 15 is 0 Å². The molecule has 0 aromatic heterocycles. The third kappa shape index (κ3) is 24.5. The van der Waals surface area contributed by atoms with Crippen LogP contribution in [0.3, 0.4) is 0 Å². The molecule has 0 bridgehead atoms. The summed E-state index contributed by atoms with van der Waals surface area (Å²) in [6.07, 6.45) is 3.63. The van der Waals surface area contributed by atoms with E-state index in [9.17, 15) is 9.59 Å². The van der Waals surface area contributed by atoms with Crippen molar-refractivity contribution in [3.63, 3.8) is 0 Å². The van der Waals surface area contributed by atoms with E-state index in [0.29, 0.717) is 25.0 Å². The van der Waals surface area contributed by atoms with Gasteiger partial charge in [-0.15, -0.1) is 0 Å². The van der Waals surface area contributed by atoms with Gasteiger partial charge in [-0.25, -0.2) is 0 Å². The van der Waals surface area contributed by atoms with Crippen LogP contribution < -0.4 is 0 Å². The summed E-state index contributed by atoms with van der Waals surface area (Å²) in [5, 5.41) is 0. The second kappa shape index (κ2) is 16.3. The van der Waals surface area contributed by atoms with E-state index in [1.165, 1.54) is 0 Å². The lowest BCUT2D eigenvalue weighted by molar-refractivity contribution is -0.112. The summed E-state index contributed by atoms with van der Waals surface area (Å²) in [7, 11) is 0. The molecule has 0 rings (SSSR count). The summed E-state index contributed by atoms with van der Waals surface area (Å²) in [5.74, 6) is 1.33. The normalized spacial score (nSPS) is 10.1. The van der Waals surface area contributed by atoms with Gasteiger partial charge in [0.1, 0.15) is 25.8 Å². The Morgan fingerprint density at radius 2 is 1.11 bits per heavy atom. The lowest BCUT2D eigenvalue weighted by Crippen LogP contribution is -2.00. The van der Waals surface area contributed by atoms with Gasteiger partial charge in [-0.1, -0.05) is 27.7 Å². The molecule has 0 atom stereocenters. The van der Waals surface area contributed by atoms with Crippen LogP contribution in [0.25, 0.3) is 0 Å². The van der Waals surface area contributed by atoms with Crippen molar-refractivity contribution in [3.05, 3.63) is 0 Å². The highest BCUT2D eigenvalue weighted by Gasteiger charge is 1.92. The van der Waals surface area contributed by atoms with Gasteiger partial charge in [0.2, 0.25) is 0 Å². The highest BCUT2D eigenvalue weighted by atomic mass is 16.5. The van der Waals surface area contributed by atoms with Crippen molar-refractivity contribution in [1.29, 1.82) is 0 Å². The molecule has 108 valence electrons. The molecule has 0 aliphatic carbocycles. The van der Waals surface area contributed by atoms with Crippen LogP contribution in [0.2, 0.25) is 0 Å². The summed E-state index contributed by atoms with van der Waals surface area (Å²) >= 11 is 0. The quantitative estimate of drug-likeness (QED) is 0.447. The molecule has 0 heterocycles. The first-order valence-electron chi connectivity index (χ1n) is 6.57. The number of carbonyl (C=O) groups excluding carboxylic acids is 2. The van der Waals surface area contributed by atoms with Crippen LogP contribution in [0.5, 0.6) is 0 Å². The minimum absolute atomic E-state index is 0.243. The van der Waals surface area contributed by atoms with Crippen LogP contribution in [0.4, 0.5) is 0 Å². The number of aldehydes is 2. The molecule has 4 nitrogen and oxygen atoms in total. The molecule has 0 saturated heterocycles. The second-order valence-corrected chi connectivity index (χ2v) is 4.85. The Labute approximate surface area is 111 Å². The smallest absolute Gasteiger partial charge is 0.145 e. The number of hydrogen-bond acceptors (Lipinski definition) is 4. The molecule has 0 unspecified atom stereocenters. The number of ether oxygens (including phenoxy) is 2. The summed E-state index contributed by atoms with van der Waals surface area (Å²) in [4.78, 5) is 19.4. The van der Waals surface area contributed by atoms with Crippen molar-refractivity contribution >= 4 is 12.6 Å². The van der Waals surface area contributed by atoms with E-state index in [2.05, 4.69) is 27.7 Å². The van der Waals surface area contributed by atoms with Crippen molar-refractivity contribution in [1.82, 2.24) is 0 Å². The fourth-order valence-electron chi connectivity index (χ4n) is 0.901. The van der Waals surface area contributed by atoms with Gasteiger partial charge in [0.15, 0.2) is 0 Å². The van der Waals surface area contributed by atoms with Crippen molar-refractivity contribution in [3.8, 4) is 0 Å². The Bertz CT molecular complexity index is 159. The molecule has 0 fully saturated rings. The molecule has 0 aromatic rings. The van der Waals surface area contributed by atoms with Gasteiger partial charge in [0.25, 0.3) is 0 Å². The SMILES string of the molecule is CC(C)CCOCC=O.CC(C)CCOCC=O. The molecule has 0 amide bonds. The molecule has 0 saturated carbocycles. The van der Waals surface area contributed by atoms with E-state index in [1.807, 2.05) is 0 Å². The molecule has 0 spiro atoms. The number of rotatable bonds is 10. The summed E-state index contributed by atoms with van der Waals surface area (Å²) < 4.78 is 9.85. The zero-order valence-corrected chi connectivity index (χ0v) is 12.2. The summed E-state index contributed by atoms with van der Waals surface area (Å²) in [6, 6.07) is 0. The Balaban J connectivity index is 0. The third-order valence-electron chi connectivity index (χ3n) is 2.05. The van der Waals surface area contributed by atoms with Gasteiger partial charge in [-0.05, 0) is 24.7 Å². The maximum Gasteiger partial charge on any atom is 0.145 e. The van der Waals surface area contributed by atoms with Gasteiger partial charge in [0.05, 0.1) is 0 Å². The second-order valence-electron chi connectivity index (χ2n) is 4.85. The first-order valence-corrected chi connectivity index (χ1v) is 6.57. The predicted molar refractivity (Wildman–Crippen MR) is 72.7 cm³/mol. The molecule has 0 aliphatic rings. The first kappa shape index (κ1) is 19.6. The number of hydrogen-bond donors (Lipinski definition) is 0. The molecular formula is C14H28O4. The molecular weight excluding hydrogens is 232 g/mol. The molecule has 0 aliphatic heterocycles. The van der Waals surface area contributed by atoms with Crippen LogP contribution in [-0.4, -0.2) is 39.0 Å². The average Bonchev–Trinajstić information content (AvgIpc) is 2.31. The van der Waals surface area contributed by atoms with Crippen molar-refractivity contribution in [2.24, 2.45) is 11.8 Å². The van der Waals surface area contributed by atoms with Crippen LogP contribution in [0.1, 0.15) is 40.5 Å². The zero-order chi connectivity index (χ0) is 14.2. The third-order valence-corrected chi connectivity index (χ3v) is 2.05. The Hall–Kier alpha value is -0.740. The minimum atomic E-state index is 0.243. The standard InChI is InChI=1S/2C7H14O2/c2*1-7(2)3-5-9-6-4-8/h2*4,7H,3,5-6H2,1-2H3. The van der Waals surface area contributed by atoms with Gasteiger partial charge in [-0.2, -0.15) is 0 Å².